The van der Waals surface area contributed by atoms with Gasteiger partial charge >= 0.3 is 5.97 Å². The van der Waals surface area contributed by atoms with Crippen LogP contribution < -0.4 is 0 Å². The van der Waals surface area contributed by atoms with E-state index in [1.165, 1.54) is 0 Å². The van der Waals surface area contributed by atoms with Crippen molar-refractivity contribution < 1.29 is 9.90 Å². The lowest BCUT2D eigenvalue weighted by Gasteiger charge is -2.19. The predicted molar refractivity (Wildman–Crippen MR) is 60.6 cm³/mol. The number of aromatic nitrogens is 2. The highest BCUT2D eigenvalue weighted by Crippen LogP contribution is 2.31. The highest BCUT2D eigenvalue weighted by molar-refractivity contribution is 7.10. The van der Waals surface area contributed by atoms with Crippen LogP contribution in [0.15, 0.2) is 0 Å². The van der Waals surface area contributed by atoms with Crippen LogP contribution in [0.5, 0.6) is 0 Å². The maximum absolute atomic E-state index is 11.1. The average molecular weight is 262 g/mol. The molecule has 1 aromatic rings. The molecule has 2 heterocycles. The van der Waals surface area contributed by atoms with Crippen LogP contribution in [-0.4, -0.2) is 38.7 Å². The summed E-state index contributed by atoms with van der Waals surface area (Å²) in [6.07, 6.45) is 0.664. The summed E-state index contributed by atoms with van der Waals surface area (Å²) < 4.78 is 4.34. The van der Waals surface area contributed by atoms with Gasteiger partial charge in [-0.3, -0.25) is 9.69 Å². The molecule has 1 N–H and O–H groups in total. The van der Waals surface area contributed by atoms with Crippen LogP contribution in [0.25, 0.3) is 0 Å². The second-order valence-electron chi connectivity index (χ2n) is 4.32. The van der Waals surface area contributed by atoms with E-state index in [4.69, 9.17) is 16.7 Å². The van der Waals surface area contributed by atoms with Crippen molar-refractivity contribution in [2.24, 2.45) is 5.41 Å². The maximum atomic E-state index is 11.1. The highest BCUT2D eigenvalue weighted by atomic mass is 35.5. The van der Waals surface area contributed by atoms with Crippen molar-refractivity contribution in [3.8, 4) is 0 Å². The molecule has 0 radical (unpaired) electrons. The van der Waals surface area contributed by atoms with Gasteiger partial charge in [0.05, 0.1) is 5.41 Å². The van der Waals surface area contributed by atoms with Gasteiger partial charge < -0.3 is 5.11 Å². The van der Waals surface area contributed by atoms with Crippen LogP contribution in [0.4, 0.5) is 0 Å². The van der Waals surface area contributed by atoms with Crippen molar-refractivity contribution in [1.29, 1.82) is 0 Å². The number of carbonyl (C=O) groups is 1. The average Bonchev–Trinajstić information content (AvgIpc) is 2.77. The SMILES string of the molecule is CC1(C(=O)O)CCN(Cc2nnsc2Cl)C1. The summed E-state index contributed by atoms with van der Waals surface area (Å²) in [6, 6.07) is 0. The third kappa shape index (κ3) is 2.18. The van der Waals surface area contributed by atoms with E-state index in [0.717, 1.165) is 23.8 Å². The fraction of sp³-hybridized carbons (Fsp3) is 0.667. The minimum absolute atomic E-state index is 0.538. The summed E-state index contributed by atoms with van der Waals surface area (Å²) in [5.41, 5.74) is 0.0944. The fourth-order valence-electron chi connectivity index (χ4n) is 1.87. The lowest BCUT2D eigenvalue weighted by molar-refractivity contribution is -0.147. The number of likely N-dealkylation sites (tertiary alicyclic amines) is 1. The summed E-state index contributed by atoms with van der Waals surface area (Å²) in [6.45, 7) is 3.65. The van der Waals surface area contributed by atoms with Crippen molar-refractivity contribution in [3.05, 3.63) is 10.0 Å². The Morgan fingerprint density at radius 2 is 2.50 bits per heavy atom. The molecule has 1 aliphatic heterocycles. The number of rotatable bonds is 3. The number of carboxylic acid groups (broad SMARTS) is 1. The zero-order valence-corrected chi connectivity index (χ0v) is 10.4. The molecular formula is C9H12ClN3O2S. The number of halogens is 1. The topological polar surface area (TPSA) is 66.3 Å². The zero-order chi connectivity index (χ0) is 11.8. The minimum atomic E-state index is -0.738. The van der Waals surface area contributed by atoms with Crippen LogP contribution in [-0.2, 0) is 11.3 Å². The first-order chi connectivity index (χ1) is 7.51. The van der Waals surface area contributed by atoms with Gasteiger partial charge in [0.25, 0.3) is 0 Å². The van der Waals surface area contributed by atoms with E-state index in [0.29, 0.717) is 23.8 Å². The van der Waals surface area contributed by atoms with E-state index in [-0.39, 0.29) is 0 Å². The summed E-state index contributed by atoms with van der Waals surface area (Å²) in [7, 11) is 0. The van der Waals surface area contributed by atoms with Crippen molar-refractivity contribution in [1.82, 2.24) is 14.5 Å². The first-order valence-electron chi connectivity index (χ1n) is 4.94. The Labute approximate surface area is 102 Å². The third-order valence-corrected chi connectivity index (χ3v) is 3.94. The Kier molecular flexibility index (Phi) is 3.14. The minimum Gasteiger partial charge on any atom is -0.481 e. The normalized spacial score (nSPS) is 26.1. The number of hydrogen-bond acceptors (Lipinski definition) is 5. The number of nitrogens with zero attached hydrogens (tertiary/aromatic N) is 3. The smallest absolute Gasteiger partial charge is 0.310 e. The van der Waals surface area contributed by atoms with E-state index in [9.17, 15) is 4.79 Å². The van der Waals surface area contributed by atoms with E-state index >= 15 is 0 Å². The molecule has 1 saturated heterocycles. The Hall–Kier alpha value is -0.720. The monoisotopic (exact) mass is 261 g/mol. The quantitative estimate of drug-likeness (QED) is 0.893. The summed E-state index contributed by atoms with van der Waals surface area (Å²) in [5.74, 6) is -0.738. The maximum Gasteiger partial charge on any atom is 0.310 e. The zero-order valence-electron chi connectivity index (χ0n) is 8.81. The molecule has 0 spiro atoms. The molecule has 0 aromatic carbocycles. The lowest BCUT2D eigenvalue weighted by atomic mass is 9.90. The molecular weight excluding hydrogens is 250 g/mol. The van der Waals surface area contributed by atoms with Crippen LogP contribution >= 0.6 is 23.1 Å². The van der Waals surface area contributed by atoms with Gasteiger partial charge in [-0.1, -0.05) is 16.1 Å². The van der Waals surface area contributed by atoms with Crippen molar-refractivity contribution in [2.45, 2.75) is 19.9 Å². The van der Waals surface area contributed by atoms with Crippen molar-refractivity contribution in [2.75, 3.05) is 13.1 Å². The molecule has 0 saturated carbocycles. The second-order valence-corrected chi connectivity index (χ2v) is 5.68. The number of aliphatic carboxylic acids is 1. The summed E-state index contributed by atoms with van der Waals surface area (Å²) in [5, 5.41) is 13.0. The van der Waals surface area contributed by atoms with E-state index in [1.54, 1.807) is 6.92 Å². The molecule has 7 heteroatoms. The second kappa shape index (κ2) is 4.27. The van der Waals surface area contributed by atoms with Gasteiger partial charge in [-0.2, -0.15) is 0 Å². The largest absolute Gasteiger partial charge is 0.481 e. The van der Waals surface area contributed by atoms with Crippen LogP contribution in [0.1, 0.15) is 19.0 Å². The third-order valence-electron chi connectivity index (χ3n) is 2.95. The van der Waals surface area contributed by atoms with Gasteiger partial charge in [-0.25, -0.2) is 0 Å². The van der Waals surface area contributed by atoms with Crippen molar-refractivity contribution >= 4 is 29.1 Å². The molecule has 1 aliphatic rings. The summed E-state index contributed by atoms with van der Waals surface area (Å²) >= 11 is 7.06. The number of hydrogen-bond donors (Lipinski definition) is 1. The van der Waals surface area contributed by atoms with Gasteiger partial charge in [-0.15, -0.1) is 5.10 Å². The molecule has 88 valence electrons. The Balaban J connectivity index is 2.00. The van der Waals surface area contributed by atoms with Crippen LogP contribution in [0.3, 0.4) is 0 Å². The molecule has 5 nitrogen and oxygen atoms in total. The van der Waals surface area contributed by atoms with Gasteiger partial charge in [0.2, 0.25) is 0 Å². The first kappa shape index (κ1) is 11.8. The molecule has 0 bridgehead atoms. The Morgan fingerprint density at radius 3 is 3.00 bits per heavy atom. The molecule has 2 rings (SSSR count). The van der Waals surface area contributed by atoms with E-state index in [1.807, 2.05) is 0 Å². The van der Waals surface area contributed by atoms with E-state index < -0.39 is 11.4 Å². The highest BCUT2D eigenvalue weighted by Gasteiger charge is 2.40. The molecule has 0 amide bonds. The van der Waals surface area contributed by atoms with E-state index in [2.05, 4.69) is 14.5 Å². The molecule has 1 atom stereocenters. The van der Waals surface area contributed by atoms with Gasteiger partial charge in [0, 0.05) is 24.6 Å². The fourth-order valence-corrected chi connectivity index (χ4v) is 2.48. The lowest BCUT2D eigenvalue weighted by Crippen LogP contribution is -2.31. The van der Waals surface area contributed by atoms with Gasteiger partial charge in [0.15, 0.2) is 0 Å². The number of carboxylic acids is 1. The predicted octanol–water partition coefficient (Wildman–Crippen LogP) is 1.49. The molecule has 1 fully saturated rings. The first-order valence-corrected chi connectivity index (χ1v) is 6.09. The van der Waals surface area contributed by atoms with Gasteiger partial charge in [0.1, 0.15) is 10.0 Å². The summed E-state index contributed by atoms with van der Waals surface area (Å²) in [4.78, 5) is 13.1. The molecule has 0 aliphatic carbocycles. The van der Waals surface area contributed by atoms with Crippen LogP contribution in [0, 0.1) is 5.41 Å². The molecule has 16 heavy (non-hydrogen) atoms. The van der Waals surface area contributed by atoms with Gasteiger partial charge in [-0.05, 0) is 19.9 Å². The Bertz CT molecular complexity index is 411. The Morgan fingerprint density at radius 1 is 1.75 bits per heavy atom. The standard InChI is InChI=1S/C9H12ClN3O2S/c1-9(8(14)15)2-3-13(5-9)4-6-7(10)16-12-11-6/h2-5H2,1H3,(H,14,15). The molecule has 1 aromatic heterocycles. The molecule has 1 unspecified atom stereocenters. The van der Waals surface area contributed by atoms with Crippen molar-refractivity contribution in [3.63, 3.8) is 0 Å². The van der Waals surface area contributed by atoms with Crippen LogP contribution in [0.2, 0.25) is 4.34 Å².